The van der Waals surface area contributed by atoms with Gasteiger partial charge in [0.2, 0.25) is 5.91 Å². The molecule has 0 aliphatic carbocycles. The highest BCUT2D eigenvalue weighted by Crippen LogP contribution is 2.56. The molecule has 0 saturated heterocycles. The first kappa shape index (κ1) is 26.2. The van der Waals surface area contributed by atoms with Crippen LogP contribution < -0.4 is 15.2 Å². The van der Waals surface area contributed by atoms with Gasteiger partial charge in [0.05, 0.1) is 36.8 Å². The van der Waals surface area contributed by atoms with Crippen LogP contribution in [-0.4, -0.2) is 54.4 Å². The van der Waals surface area contributed by atoms with Crippen molar-refractivity contribution in [2.24, 2.45) is 5.73 Å². The van der Waals surface area contributed by atoms with E-state index in [1.54, 1.807) is 30.3 Å². The Morgan fingerprint density at radius 1 is 1.19 bits per heavy atom. The number of ether oxygens (including phenoxy) is 2. The maximum absolute atomic E-state index is 15.7. The summed E-state index contributed by atoms with van der Waals surface area (Å²) in [5.41, 5.74) is 3.55. The number of likely N-dealkylation sites (N-methyl/N-ethyl adjacent to an activating group) is 1. The van der Waals surface area contributed by atoms with E-state index >= 15 is 8.78 Å². The zero-order valence-corrected chi connectivity index (χ0v) is 20.6. The van der Waals surface area contributed by atoms with Crippen molar-refractivity contribution in [3.05, 3.63) is 81.9 Å². The SMILES string of the molecule is COc1ccc(C(N)=O)c(-c2c(Cl)c(F)cc3c2[C@H](CO)[C@@](CN(C)C(=O)O)(c2ccccc2)O3)c1F. The average molecular weight is 533 g/mol. The molecule has 0 saturated carbocycles. The van der Waals surface area contributed by atoms with Crippen molar-refractivity contribution in [1.29, 1.82) is 0 Å². The fourth-order valence-corrected chi connectivity index (χ4v) is 5.08. The topological polar surface area (TPSA) is 122 Å². The molecule has 1 aliphatic heterocycles. The van der Waals surface area contributed by atoms with Gasteiger partial charge in [-0.1, -0.05) is 41.9 Å². The van der Waals surface area contributed by atoms with E-state index in [-0.39, 0.29) is 34.7 Å². The molecule has 0 bridgehead atoms. The van der Waals surface area contributed by atoms with E-state index < -0.39 is 52.3 Å². The van der Waals surface area contributed by atoms with Gasteiger partial charge in [0, 0.05) is 29.8 Å². The molecule has 4 rings (SSSR count). The number of carboxylic acid groups (broad SMARTS) is 1. The molecule has 0 fully saturated rings. The number of fused-ring (bicyclic) bond motifs is 1. The molecule has 2 atom stereocenters. The Morgan fingerprint density at radius 2 is 1.86 bits per heavy atom. The third-order valence-electron chi connectivity index (χ3n) is 6.51. The van der Waals surface area contributed by atoms with Gasteiger partial charge in [-0.05, 0) is 17.7 Å². The molecular formula is C26H23ClF2N2O6. The standard InChI is InChI=1S/C26H23ClF2N2O6/c1-31(25(34)35)12-26(13-6-4-3-5-7-13)15(11-32)20-18(37-26)10-16(28)22(27)21(20)19-14(24(30)33)8-9-17(36-2)23(19)29/h3-10,15,32H,11-12H2,1-2H3,(H2,30,33)(H,34,35)/t15-,26+/m0/s1. The Balaban J connectivity index is 2.09. The van der Waals surface area contributed by atoms with E-state index in [1.807, 2.05) is 0 Å². The van der Waals surface area contributed by atoms with Crippen molar-refractivity contribution in [2.75, 3.05) is 27.3 Å². The molecule has 1 heterocycles. The lowest BCUT2D eigenvalue weighted by molar-refractivity contribution is 0.0149. The number of halogens is 3. The molecule has 3 aromatic carbocycles. The van der Waals surface area contributed by atoms with Crippen molar-refractivity contribution in [3.63, 3.8) is 0 Å². The normalized spacial score (nSPS) is 18.2. The summed E-state index contributed by atoms with van der Waals surface area (Å²) in [6.45, 7) is -0.907. The van der Waals surface area contributed by atoms with Crippen LogP contribution in [0.25, 0.3) is 11.1 Å². The monoisotopic (exact) mass is 532 g/mol. The number of hydrogen-bond donors (Lipinski definition) is 3. The van der Waals surface area contributed by atoms with Crippen LogP contribution in [-0.2, 0) is 5.60 Å². The van der Waals surface area contributed by atoms with E-state index in [0.717, 1.165) is 11.0 Å². The maximum atomic E-state index is 15.7. The number of aliphatic hydroxyl groups is 1. The highest BCUT2D eigenvalue weighted by Gasteiger charge is 2.53. The number of aliphatic hydroxyl groups excluding tert-OH is 1. The van der Waals surface area contributed by atoms with Gasteiger partial charge in [-0.25, -0.2) is 13.6 Å². The lowest BCUT2D eigenvalue weighted by atomic mass is 9.76. The smallest absolute Gasteiger partial charge is 0.407 e. The number of carbonyl (C=O) groups is 2. The number of carbonyl (C=O) groups excluding carboxylic acids is 1. The van der Waals surface area contributed by atoms with E-state index in [1.165, 1.54) is 26.3 Å². The van der Waals surface area contributed by atoms with E-state index in [9.17, 15) is 19.8 Å². The second-order valence-corrected chi connectivity index (χ2v) is 8.94. The Bertz CT molecular complexity index is 1390. The van der Waals surface area contributed by atoms with Gasteiger partial charge < -0.3 is 30.3 Å². The van der Waals surface area contributed by atoms with E-state index in [4.69, 9.17) is 26.8 Å². The predicted molar refractivity (Wildman–Crippen MR) is 131 cm³/mol. The number of hydrogen-bond acceptors (Lipinski definition) is 5. The quantitative estimate of drug-likeness (QED) is 0.415. The molecule has 194 valence electrons. The molecule has 0 radical (unpaired) electrons. The van der Waals surface area contributed by atoms with Crippen LogP contribution >= 0.6 is 11.6 Å². The van der Waals surface area contributed by atoms with Gasteiger partial charge in [0.15, 0.2) is 17.2 Å². The second-order valence-electron chi connectivity index (χ2n) is 8.56. The minimum Gasteiger partial charge on any atom is -0.494 e. The van der Waals surface area contributed by atoms with Crippen molar-refractivity contribution >= 4 is 23.6 Å². The van der Waals surface area contributed by atoms with Gasteiger partial charge in [-0.3, -0.25) is 4.79 Å². The van der Waals surface area contributed by atoms with Gasteiger partial charge in [0.1, 0.15) is 11.6 Å². The van der Waals surface area contributed by atoms with Crippen LogP contribution in [0.15, 0.2) is 48.5 Å². The van der Waals surface area contributed by atoms with Crippen molar-refractivity contribution in [1.82, 2.24) is 4.90 Å². The van der Waals surface area contributed by atoms with E-state index in [0.29, 0.717) is 5.56 Å². The molecule has 37 heavy (non-hydrogen) atoms. The van der Waals surface area contributed by atoms with Gasteiger partial charge in [-0.2, -0.15) is 0 Å². The van der Waals surface area contributed by atoms with Gasteiger partial charge in [0.25, 0.3) is 0 Å². The minimum absolute atomic E-state index is 0.0891. The zero-order chi connectivity index (χ0) is 27.1. The molecule has 11 heteroatoms. The summed E-state index contributed by atoms with van der Waals surface area (Å²) in [6, 6.07) is 11.9. The van der Waals surface area contributed by atoms with Crippen LogP contribution in [0, 0.1) is 11.6 Å². The molecule has 3 aromatic rings. The summed E-state index contributed by atoms with van der Waals surface area (Å²) >= 11 is 6.40. The van der Waals surface area contributed by atoms with Crippen LogP contribution in [0.3, 0.4) is 0 Å². The first-order valence-corrected chi connectivity index (χ1v) is 11.4. The van der Waals surface area contributed by atoms with Gasteiger partial charge >= 0.3 is 6.09 Å². The Hall–Kier alpha value is -3.89. The van der Waals surface area contributed by atoms with Crippen LogP contribution in [0.2, 0.25) is 5.02 Å². The molecule has 8 nitrogen and oxygen atoms in total. The fourth-order valence-electron chi connectivity index (χ4n) is 4.83. The van der Waals surface area contributed by atoms with Crippen molar-refractivity contribution in [3.8, 4) is 22.6 Å². The van der Waals surface area contributed by atoms with E-state index in [2.05, 4.69) is 0 Å². The summed E-state index contributed by atoms with van der Waals surface area (Å²) in [5, 5.41) is 19.7. The van der Waals surface area contributed by atoms with Gasteiger partial charge in [-0.15, -0.1) is 0 Å². The summed E-state index contributed by atoms with van der Waals surface area (Å²) < 4.78 is 42.2. The summed E-state index contributed by atoms with van der Waals surface area (Å²) in [5.74, 6) is -4.44. The maximum Gasteiger partial charge on any atom is 0.407 e. The third kappa shape index (κ3) is 4.21. The Labute approximate surface area is 215 Å². The molecule has 0 aromatic heterocycles. The highest BCUT2D eigenvalue weighted by molar-refractivity contribution is 6.34. The van der Waals surface area contributed by atoms with Crippen molar-refractivity contribution in [2.45, 2.75) is 11.5 Å². The molecular weight excluding hydrogens is 510 g/mol. The summed E-state index contributed by atoms with van der Waals surface area (Å²) in [6.07, 6.45) is -1.27. The number of amides is 2. The number of primary amides is 1. The summed E-state index contributed by atoms with van der Waals surface area (Å²) in [4.78, 5) is 25.0. The molecule has 2 amide bonds. The second kappa shape index (κ2) is 9.87. The number of rotatable bonds is 7. The predicted octanol–water partition coefficient (Wildman–Crippen LogP) is 4.37. The molecule has 0 unspecified atom stereocenters. The van der Waals surface area contributed by atoms with Crippen LogP contribution in [0.4, 0.5) is 13.6 Å². The number of methoxy groups -OCH3 is 1. The number of benzene rings is 3. The van der Waals surface area contributed by atoms with Crippen molar-refractivity contribution < 1.29 is 38.1 Å². The first-order chi connectivity index (χ1) is 17.6. The first-order valence-electron chi connectivity index (χ1n) is 11.0. The Morgan fingerprint density at radius 3 is 2.43 bits per heavy atom. The summed E-state index contributed by atoms with van der Waals surface area (Å²) in [7, 11) is 2.53. The largest absolute Gasteiger partial charge is 0.494 e. The minimum atomic E-state index is -1.56. The molecule has 1 aliphatic rings. The number of nitrogens with two attached hydrogens (primary N) is 1. The Kier molecular flexibility index (Phi) is 6.98. The number of nitrogens with zero attached hydrogens (tertiary/aromatic N) is 1. The third-order valence-corrected chi connectivity index (χ3v) is 6.88. The lowest BCUT2D eigenvalue weighted by Gasteiger charge is -2.37. The zero-order valence-electron chi connectivity index (χ0n) is 19.8. The average Bonchev–Trinajstić information content (AvgIpc) is 3.18. The molecule has 4 N–H and O–H groups in total. The fraction of sp³-hybridized carbons (Fsp3) is 0.231. The lowest BCUT2D eigenvalue weighted by Crippen LogP contribution is -2.47. The highest BCUT2D eigenvalue weighted by atomic mass is 35.5. The van der Waals surface area contributed by atoms with Crippen LogP contribution in [0.1, 0.15) is 27.4 Å². The molecule has 0 spiro atoms. The van der Waals surface area contributed by atoms with Crippen LogP contribution in [0.5, 0.6) is 11.5 Å².